The molecule has 2 aromatic heterocycles. The van der Waals surface area contributed by atoms with Gasteiger partial charge >= 0.3 is 6.09 Å². The van der Waals surface area contributed by atoms with Crippen molar-refractivity contribution in [3.8, 4) is 16.9 Å². The van der Waals surface area contributed by atoms with Gasteiger partial charge < -0.3 is 24.3 Å². The van der Waals surface area contributed by atoms with E-state index in [0.717, 1.165) is 5.56 Å². The third kappa shape index (κ3) is 4.43. The summed E-state index contributed by atoms with van der Waals surface area (Å²) in [6, 6.07) is 7.20. The average Bonchev–Trinajstić information content (AvgIpc) is 3.19. The second kappa shape index (κ2) is 8.92. The molecule has 0 radical (unpaired) electrons. The fourth-order valence-electron chi connectivity index (χ4n) is 3.75. The number of benzene rings is 1. The molecular weight excluding hydrogens is 443 g/mol. The molecule has 1 atom stereocenters. The van der Waals surface area contributed by atoms with E-state index in [-0.39, 0.29) is 0 Å². The molecule has 4 rings (SSSR count). The van der Waals surface area contributed by atoms with E-state index in [1.807, 2.05) is 27.6 Å². The van der Waals surface area contributed by atoms with Crippen molar-refractivity contribution in [1.29, 1.82) is 0 Å². The van der Waals surface area contributed by atoms with E-state index >= 15 is 0 Å². The van der Waals surface area contributed by atoms with Gasteiger partial charge in [0.25, 0.3) is 0 Å². The lowest BCUT2D eigenvalue weighted by Crippen LogP contribution is -2.49. The van der Waals surface area contributed by atoms with Gasteiger partial charge in [-0.1, -0.05) is 23.2 Å². The molecule has 1 aliphatic rings. The highest BCUT2D eigenvalue weighted by molar-refractivity contribution is 6.44. The summed E-state index contributed by atoms with van der Waals surface area (Å²) in [7, 11) is 1.57. The Morgan fingerprint density at radius 1 is 1.23 bits per heavy atom. The smallest absolute Gasteiger partial charge is 0.407 e. The number of rotatable bonds is 5. The standard InChI is InChI=1S/C21H22Cl2N4O4/c1-31-17-3-2-14(22)20(23)19(17)13-4-5-27-11-15(24-18(27)10-13)16(28)12-25-6-8-26(9-7-25)21(29)30/h2-5,10-11,16,28H,6-9,12H2,1H3,(H,29,30). The predicted octanol–water partition coefficient (Wildman–Crippen LogP) is 3.65. The monoisotopic (exact) mass is 464 g/mol. The number of methoxy groups -OCH3 is 1. The number of pyridine rings is 1. The molecule has 1 unspecified atom stereocenters. The first-order valence-corrected chi connectivity index (χ1v) is 10.5. The summed E-state index contributed by atoms with van der Waals surface area (Å²) >= 11 is 12.6. The second-order valence-corrected chi connectivity index (χ2v) is 8.16. The number of amides is 1. The quantitative estimate of drug-likeness (QED) is 0.598. The summed E-state index contributed by atoms with van der Waals surface area (Å²) in [4.78, 5) is 19.0. The van der Waals surface area contributed by atoms with E-state index in [9.17, 15) is 9.90 Å². The van der Waals surface area contributed by atoms with E-state index in [1.165, 1.54) is 4.90 Å². The van der Waals surface area contributed by atoms with Crippen LogP contribution in [0.5, 0.6) is 5.75 Å². The molecule has 31 heavy (non-hydrogen) atoms. The molecule has 8 nitrogen and oxygen atoms in total. The number of piperazine rings is 1. The number of carboxylic acid groups (broad SMARTS) is 1. The van der Waals surface area contributed by atoms with Gasteiger partial charge in [0.2, 0.25) is 0 Å². The van der Waals surface area contributed by atoms with E-state index in [1.54, 1.807) is 25.4 Å². The van der Waals surface area contributed by atoms with Crippen molar-refractivity contribution >= 4 is 34.9 Å². The minimum Gasteiger partial charge on any atom is -0.496 e. The Morgan fingerprint density at radius 3 is 2.65 bits per heavy atom. The molecule has 0 aliphatic carbocycles. The zero-order valence-corrected chi connectivity index (χ0v) is 18.3. The van der Waals surface area contributed by atoms with Crippen molar-refractivity contribution < 1.29 is 19.7 Å². The Bertz CT molecular complexity index is 1110. The van der Waals surface area contributed by atoms with Gasteiger partial charge in [0.15, 0.2) is 0 Å². The summed E-state index contributed by atoms with van der Waals surface area (Å²) in [5.74, 6) is 0.603. The third-order valence-electron chi connectivity index (χ3n) is 5.46. The van der Waals surface area contributed by atoms with Gasteiger partial charge in [0.1, 0.15) is 17.5 Å². The van der Waals surface area contributed by atoms with Crippen molar-refractivity contribution in [1.82, 2.24) is 19.2 Å². The molecule has 10 heteroatoms. The number of halogens is 2. The van der Waals surface area contributed by atoms with Gasteiger partial charge in [0.05, 0.1) is 22.8 Å². The first-order valence-electron chi connectivity index (χ1n) is 9.76. The molecule has 1 amide bonds. The summed E-state index contributed by atoms with van der Waals surface area (Å²) < 4.78 is 7.27. The fourth-order valence-corrected chi connectivity index (χ4v) is 4.17. The second-order valence-electron chi connectivity index (χ2n) is 7.37. The van der Waals surface area contributed by atoms with E-state index in [2.05, 4.69) is 4.98 Å². The van der Waals surface area contributed by atoms with Gasteiger partial charge in [-0.3, -0.25) is 4.90 Å². The molecule has 164 valence electrons. The molecule has 0 spiro atoms. The van der Waals surface area contributed by atoms with E-state index in [0.29, 0.717) is 65.4 Å². The van der Waals surface area contributed by atoms with Gasteiger partial charge in [-0.25, -0.2) is 9.78 Å². The van der Waals surface area contributed by atoms with Crippen LogP contribution in [0.4, 0.5) is 4.79 Å². The zero-order chi connectivity index (χ0) is 22.1. The van der Waals surface area contributed by atoms with Crippen LogP contribution in [0, 0.1) is 0 Å². The van der Waals surface area contributed by atoms with Crippen LogP contribution in [0.2, 0.25) is 10.0 Å². The summed E-state index contributed by atoms with van der Waals surface area (Å²) in [6.07, 6.45) is 1.93. The number of aliphatic hydroxyl groups excluding tert-OH is 1. The normalized spacial score (nSPS) is 15.9. The van der Waals surface area contributed by atoms with Gasteiger partial charge in [-0.15, -0.1) is 0 Å². The number of ether oxygens (including phenoxy) is 1. The number of imidazole rings is 1. The molecular formula is C21H22Cl2N4O4. The minimum absolute atomic E-state index is 0.387. The summed E-state index contributed by atoms with van der Waals surface area (Å²) in [6.45, 7) is 2.40. The molecule has 0 bridgehead atoms. The topological polar surface area (TPSA) is 90.5 Å². The van der Waals surface area contributed by atoms with Gasteiger partial charge in [-0.05, 0) is 29.8 Å². The van der Waals surface area contributed by atoms with Crippen LogP contribution in [0.15, 0.2) is 36.7 Å². The largest absolute Gasteiger partial charge is 0.496 e. The number of β-amino-alcohol motifs (C(OH)–C–C–N with tert-alkyl or cyclic N) is 1. The van der Waals surface area contributed by atoms with Crippen LogP contribution in [-0.2, 0) is 0 Å². The lowest BCUT2D eigenvalue weighted by Gasteiger charge is -2.33. The SMILES string of the molecule is COc1ccc(Cl)c(Cl)c1-c1ccn2cc(C(O)CN3CCN(C(=O)O)CC3)nc2c1. The predicted molar refractivity (Wildman–Crippen MR) is 118 cm³/mol. The van der Waals surface area contributed by atoms with Crippen LogP contribution in [0.1, 0.15) is 11.8 Å². The highest BCUT2D eigenvalue weighted by Crippen LogP contribution is 2.40. The third-order valence-corrected chi connectivity index (χ3v) is 6.26. The summed E-state index contributed by atoms with van der Waals surface area (Å²) in [5, 5.41) is 20.6. The van der Waals surface area contributed by atoms with Gasteiger partial charge in [0, 0.05) is 50.7 Å². The maximum Gasteiger partial charge on any atom is 0.407 e. The number of hydrogen-bond donors (Lipinski definition) is 2. The maximum atomic E-state index is 11.0. The Labute approximate surface area is 189 Å². The molecule has 1 aliphatic heterocycles. The van der Waals surface area contributed by atoms with Crippen molar-refractivity contribution in [2.24, 2.45) is 0 Å². The molecule has 1 aromatic carbocycles. The highest BCUT2D eigenvalue weighted by atomic mass is 35.5. The molecule has 0 saturated carbocycles. The Kier molecular flexibility index (Phi) is 6.24. The maximum absolute atomic E-state index is 11.0. The summed E-state index contributed by atoms with van der Waals surface area (Å²) in [5.41, 5.74) is 2.68. The molecule has 3 aromatic rings. The lowest BCUT2D eigenvalue weighted by molar-refractivity contribution is 0.0682. The number of nitrogens with zero attached hydrogens (tertiary/aromatic N) is 4. The number of aromatic nitrogens is 2. The molecule has 2 N–H and O–H groups in total. The number of carbonyl (C=O) groups is 1. The minimum atomic E-state index is -0.909. The average molecular weight is 465 g/mol. The Balaban J connectivity index is 1.55. The first-order chi connectivity index (χ1) is 14.9. The Morgan fingerprint density at radius 2 is 1.97 bits per heavy atom. The molecule has 1 saturated heterocycles. The molecule has 1 fully saturated rings. The highest BCUT2D eigenvalue weighted by Gasteiger charge is 2.23. The zero-order valence-electron chi connectivity index (χ0n) is 16.8. The van der Waals surface area contributed by atoms with E-state index < -0.39 is 12.2 Å². The number of fused-ring (bicyclic) bond motifs is 1. The van der Waals surface area contributed by atoms with Crippen molar-refractivity contribution in [2.45, 2.75) is 6.10 Å². The van der Waals surface area contributed by atoms with Crippen LogP contribution in [-0.4, -0.2) is 75.3 Å². The molecule has 3 heterocycles. The lowest BCUT2D eigenvalue weighted by atomic mass is 10.1. The van der Waals surface area contributed by atoms with Crippen LogP contribution in [0.25, 0.3) is 16.8 Å². The number of aliphatic hydroxyl groups is 1. The van der Waals surface area contributed by atoms with Crippen LogP contribution in [0.3, 0.4) is 0 Å². The van der Waals surface area contributed by atoms with Crippen LogP contribution >= 0.6 is 23.2 Å². The van der Waals surface area contributed by atoms with Gasteiger partial charge in [-0.2, -0.15) is 0 Å². The van der Waals surface area contributed by atoms with E-state index in [4.69, 9.17) is 33.0 Å². The number of hydrogen-bond acceptors (Lipinski definition) is 5. The van der Waals surface area contributed by atoms with Crippen molar-refractivity contribution in [2.75, 3.05) is 39.8 Å². The van der Waals surface area contributed by atoms with Crippen LogP contribution < -0.4 is 4.74 Å². The van der Waals surface area contributed by atoms with Crippen molar-refractivity contribution in [3.63, 3.8) is 0 Å². The first kappa shape index (κ1) is 21.7. The van der Waals surface area contributed by atoms with Crippen molar-refractivity contribution in [3.05, 3.63) is 52.4 Å². The Hall–Kier alpha value is -2.52. The fraction of sp³-hybridized carbons (Fsp3) is 0.333.